The van der Waals surface area contributed by atoms with Crippen LogP contribution in [0.5, 0.6) is 0 Å². The SMILES string of the molecule is CN1C2CCCC1CC(NCC1CCNCC1)C2. The first kappa shape index (κ1) is 12.9. The van der Waals surface area contributed by atoms with Crippen LogP contribution in [0.25, 0.3) is 0 Å². The number of fused-ring (bicyclic) bond motifs is 2. The number of hydrogen-bond acceptors (Lipinski definition) is 3. The molecule has 0 aromatic heterocycles. The van der Waals surface area contributed by atoms with Crippen LogP contribution in [-0.4, -0.2) is 49.7 Å². The quantitative estimate of drug-likeness (QED) is 0.798. The third-order valence-electron chi connectivity index (χ3n) is 5.49. The molecule has 2 bridgehead atoms. The lowest BCUT2D eigenvalue weighted by Gasteiger charge is -2.47. The van der Waals surface area contributed by atoms with Gasteiger partial charge in [0.2, 0.25) is 0 Å². The zero-order chi connectivity index (χ0) is 12.4. The van der Waals surface area contributed by atoms with E-state index in [0.717, 1.165) is 24.0 Å². The highest BCUT2D eigenvalue weighted by Crippen LogP contribution is 2.32. The highest BCUT2D eigenvalue weighted by Gasteiger charge is 2.35. The van der Waals surface area contributed by atoms with E-state index >= 15 is 0 Å². The molecule has 3 saturated heterocycles. The molecule has 3 fully saturated rings. The van der Waals surface area contributed by atoms with Crippen molar-refractivity contribution in [2.24, 2.45) is 5.92 Å². The third kappa shape index (κ3) is 2.89. The van der Waals surface area contributed by atoms with Crippen LogP contribution in [0, 0.1) is 5.92 Å². The largest absolute Gasteiger partial charge is 0.317 e. The lowest BCUT2D eigenvalue weighted by atomic mass is 9.82. The fourth-order valence-electron chi connectivity index (χ4n) is 4.20. The molecule has 3 rings (SSSR count). The summed E-state index contributed by atoms with van der Waals surface area (Å²) in [7, 11) is 2.34. The predicted molar refractivity (Wildman–Crippen MR) is 75.8 cm³/mol. The van der Waals surface area contributed by atoms with E-state index in [1.54, 1.807) is 0 Å². The van der Waals surface area contributed by atoms with Gasteiger partial charge in [-0.15, -0.1) is 0 Å². The second kappa shape index (κ2) is 5.89. The van der Waals surface area contributed by atoms with Gasteiger partial charge in [-0.2, -0.15) is 0 Å². The summed E-state index contributed by atoms with van der Waals surface area (Å²) >= 11 is 0. The van der Waals surface area contributed by atoms with Gasteiger partial charge < -0.3 is 15.5 Å². The van der Waals surface area contributed by atoms with E-state index < -0.39 is 0 Å². The molecular formula is C15H29N3. The van der Waals surface area contributed by atoms with Gasteiger partial charge in [0.1, 0.15) is 0 Å². The Morgan fingerprint density at radius 3 is 2.39 bits per heavy atom. The van der Waals surface area contributed by atoms with Gasteiger partial charge in [-0.3, -0.25) is 0 Å². The summed E-state index contributed by atoms with van der Waals surface area (Å²) in [5.41, 5.74) is 0. The van der Waals surface area contributed by atoms with Crippen molar-refractivity contribution in [3.05, 3.63) is 0 Å². The Morgan fingerprint density at radius 2 is 1.72 bits per heavy atom. The average molecular weight is 251 g/mol. The molecule has 2 unspecified atom stereocenters. The predicted octanol–water partition coefficient (Wildman–Crippen LogP) is 1.59. The van der Waals surface area contributed by atoms with Crippen molar-refractivity contribution in [2.45, 2.75) is 63.1 Å². The molecule has 3 aliphatic rings. The standard InChI is InChI=1S/C15H29N3/c1-18-14-3-2-4-15(18)10-13(9-14)17-11-12-5-7-16-8-6-12/h12-17H,2-11H2,1H3. The Kier molecular flexibility index (Phi) is 4.22. The maximum Gasteiger partial charge on any atom is 0.0110 e. The first-order valence-corrected chi connectivity index (χ1v) is 7.99. The summed E-state index contributed by atoms with van der Waals surface area (Å²) in [4.78, 5) is 2.66. The van der Waals surface area contributed by atoms with Gasteiger partial charge in [0.25, 0.3) is 0 Å². The molecule has 3 heterocycles. The lowest BCUT2D eigenvalue weighted by Crippen LogP contribution is -2.55. The molecular weight excluding hydrogens is 222 g/mol. The molecule has 3 heteroatoms. The molecule has 104 valence electrons. The maximum absolute atomic E-state index is 3.89. The molecule has 2 N–H and O–H groups in total. The van der Waals surface area contributed by atoms with Gasteiger partial charge in [-0.25, -0.2) is 0 Å². The van der Waals surface area contributed by atoms with E-state index in [4.69, 9.17) is 0 Å². The molecule has 18 heavy (non-hydrogen) atoms. The minimum absolute atomic E-state index is 0.798. The molecule has 0 radical (unpaired) electrons. The van der Waals surface area contributed by atoms with E-state index in [0.29, 0.717) is 0 Å². The van der Waals surface area contributed by atoms with Crippen molar-refractivity contribution in [3.8, 4) is 0 Å². The number of nitrogens with zero attached hydrogens (tertiary/aromatic N) is 1. The zero-order valence-corrected chi connectivity index (χ0v) is 11.8. The fourth-order valence-corrected chi connectivity index (χ4v) is 4.20. The van der Waals surface area contributed by atoms with E-state index in [2.05, 4.69) is 22.6 Å². The maximum atomic E-state index is 3.89. The summed E-state index contributed by atoms with van der Waals surface area (Å²) in [6, 6.07) is 2.53. The van der Waals surface area contributed by atoms with Crippen molar-refractivity contribution in [3.63, 3.8) is 0 Å². The molecule has 0 saturated carbocycles. The van der Waals surface area contributed by atoms with Gasteiger partial charge in [0.15, 0.2) is 0 Å². The highest BCUT2D eigenvalue weighted by molar-refractivity contribution is 4.93. The van der Waals surface area contributed by atoms with Crippen LogP contribution in [0.15, 0.2) is 0 Å². The van der Waals surface area contributed by atoms with Gasteiger partial charge >= 0.3 is 0 Å². The van der Waals surface area contributed by atoms with Crippen LogP contribution in [-0.2, 0) is 0 Å². The Bertz CT molecular complexity index is 248. The number of hydrogen-bond donors (Lipinski definition) is 2. The van der Waals surface area contributed by atoms with Gasteiger partial charge in [0, 0.05) is 18.1 Å². The summed E-state index contributed by atoms with van der Waals surface area (Å²) < 4.78 is 0. The monoisotopic (exact) mass is 251 g/mol. The third-order valence-corrected chi connectivity index (χ3v) is 5.49. The van der Waals surface area contributed by atoms with Crippen molar-refractivity contribution in [2.75, 3.05) is 26.7 Å². The van der Waals surface area contributed by atoms with Crippen LogP contribution < -0.4 is 10.6 Å². The van der Waals surface area contributed by atoms with Gasteiger partial charge in [0.05, 0.1) is 0 Å². The van der Waals surface area contributed by atoms with Crippen molar-refractivity contribution in [1.82, 2.24) is 15.5 Å². The van der Waals surface area contributed by atoms with Crippen LogP contribution >= 0.6 is 0 Å². The number of nitrogens with one attached hydrogen (secondary N) is 2. The van der Waals surface area contributed by atoms with Crippen molar-refractivity contribution >= 4 is 0 Å². The Labute approximate surface area is 112 Å². The molecule has 0 spiro atoms. The average Bonchev–Trinajstić information content (AvgIpc) is 2.38. The molecule has 0 amide bonds. The van der Waals surface area contributed by atoms with E-state index in [1.165, 1.54) is 64.6 Å². The Morgan fingerprint density at radius 1 is 1.06 bits per heavy atom. The molecule has 3 aliphatic heterocycles. The summed E-state index contributed by atoms with van der Waals surface area (Å²) in [5.74, 6) is 0.922. The normalized spacial score (nSPS) is 38.8. The van der Waals surface area contributed by atoms with Crippen molar-refractivity contribution < 1.29 is 0 Å². The van der Waals surface area contributed by atoms with E-state index in [9.17, 15) is 0 Å². The number of rotatable bonds is 3. The summed E-state index contributed by atoms with van der Waals surface area (Å²) in [5, 5.41) is 7.34. The summed E-state index contributed by atoms with van der Waals surface area (Å²) in [6.45, 7) is 3.71. The second-order valence-corrected chi connectivity index (χ2v) is 6.67. The summed E-state index contributed by atoms with van der Waals surface area (Å²) in [6.07, 6.45) is 9.83. The second-order valence-electron chi connectivity index (χ2n) is 6.67. The molecule has 2 atom stereocenters. The van der Waals surface area contributed by atoms with Crippen LogP contribution in [0.4, 0.5) is 0 Å². The van der Waals surface area contributed by atoms with Crippen molar-refractivity contribution in [1.29, 1.82) is 0 Å². The highest BCUT2D eigenvalue weighted by atomic mass is 15.2. The smallest absolute Gasteiger partial charge is 0.0110 e. The number of piperidine rings is 3. The lowest BCUT2D eigenvalue weighted by molar-refractivity contribution is 0.0473. The molecule has 3 nitrogen and oxygen atoms in total. The Hall–Kier alpha value is -0.120. The van der Waals surface area contributed by atoms with Gasteiger partial charge in [-0.1, -0.05) is 6.42 Å². The first-order chi connectivity index (χ1) is 8.83. The zero-order valence-electron chi connectivity index (χ0n) is 11.8. The fraction of sp³-hybridized carbons (Fsp3) is 1.00. The molecule has 0 aliphatic carbocycles. The first-order valence-electron chi connectivity index (χ1n) is 7.99. The van der Waals surface area contributed by atoms with E-state index in [1.807, 2.05) is 0 Å². The van der Waals surface area contributed by atoms with Crippen LogP contribution in [0.1, 0.15) is 44.9 Å². The molecule has 0 aromatic carbocycles. The van der Waals surface area contributed by atoms with Crippen LogP contribution in [0.3, 0.4) is 0 Å². The minimum Gasteiger partial charge on any atom is -0.317 e. The molecule has 0 aromatic rings. The van der Waals surface area contributed by atoms with E-state index in [-0.39, 0.29) is 0 Å². The Balaban J connectivity index is 1.46. The van der Waals surface area contributed by atoms with Gasteiger partial charge in [-0.05, 0) is 71.1 Å². The van der Waals surface area contributed by atoms with Crippen LogP contribution in [0.2, 0.25) is 0 Å². The topological polar surface area (TPSA) is 27.3 Å². The minimum atomic E-state index is 0.798.